The van der Waals surface area contributed by atoms with Gasteiger partial charge in [0.2, 0.25) is 11.8 Å². The molecule has 12 nitrogen and oxygen atoms in total. The molecule has 0 aliphatic carbocycles. The van der Waals surface area contributed by atoms with Gasteiger partial charge >= 0.3 is 6.09 Å². The molecular formula is C32H38N4O8S. The maximum absolute atomic E-state index is 14.6. The standard InChI is InChI=1S/C32H38N4O8S/c1-19(2)45(40,41)28-14-12-23(35-32(39)44-5)18-24(28)25-10-7-15-36(25)31(38)29(20-11-13-26(42-3)27(17-20)43-4)34-22-9-6-8-21(16-22)30(33)37/h6,8-9,11-14,16-19,25,29,34H,7,10,15H2,1-5H3,(H2,33,37)(H,35,39)/t25-,29+/m1/s1. The van der Waals surface area contributed by atoms with Crippen LogP contribution in [0.5, 0.6) is 11.5 Å². The first-order valence-corrected chi connectivity index (χ1v) is 15.9. The molecule has 4 N–H and O–H groups in total. The van der Waals surface area contributed by atoms with Crippen LogP contribution in [0.25, 0.3) is 0 Å². The zero-order valence-electron chi connectivity index (χ0n) is 25.8. The van der Waals surface area contributed by atoms with Gasteiger partial charge in [-0.05, 0) is 86.3 Å². The van der Waals surface area contributed by atoms with Crippen molar-refractivity contribution in [2.75, 3.05) is 38.5 Å². The van der Waals surface area contributed by atoms with E-state index in [2.05, 4.69) is 10.6 Å². The minimum absolute atomic E-state index is 0.0856. The van der Waals surface area contributed by atoms with Gasteiger partial charge in [-0.3, -0.25) is 14.9 Å². The Kier molecular flexibility index (Phi) is 10.2. The van der Waals surface area contributed by atoms with E-state index in [1.807, 2.05) is 0 Å². The normalized spacial score (nSPS) is 15.3. The van der Waals surface area contributed by atoms with Gasteiger partial charge in [-0.2, -0.15) is 0 Å². The second-order valence-corrected chi connectivity index (χ2v) is 13.3. The van der Waals surface area contributed by atoms with E-state index in [9.17, 15) is 22.8 Å². The zero-order chi connectivity index (χ0) is 32.9. The molecule has 0 spiro atoms. The average molecular weight is 639 g/mol. The van der Waals surface area contributed by atoms with Crippen molar-refractivity contribution in [3.63, 3.8) is 0 Å². The number of nitrogens with one attached hydrogen (secondary N) is 2. The first-order chi connectivity index (χ1) is 21.4. The molecule has 3 amide bonds. The lowest BCUT2D eigenvalue weighted by atomic mass is 10.0. The van der Waals surface area contributed by atoms with Gasteiger partial charge in [0.05, 0.1) is 37.5 Å². The Morgan fingerprint density at radius 1 is 0.933 bits per heavy atom. The highest BCUT2D eigenvalue weighted by Crippen LogP contribution is 2.41. The highest BCUT2D eigenvalue weighted by Gasteiger charge is 2.38. The van der Waals surface area contributed by atoms with E-state index in [4.69, 9.17) is 19.9 Å². The van der Waals surface area contributed by atoms with Gasteiger partial charge in [0.1, 0.15) is 6.04 Å². The molecule has 0 saturated carbocycles. The minimum atomic E-state index is -3.77. The van der Waals surface area contributed by atoms with Gasteiger partial charge in [-0.1, -0.05) is 12.1 Å². The summed E-state index contributed by atoms with van der Waals surface area (Å²) in [6, 6.07) is 14.5. The third-order valence-electron chi connectivity index (χ3n) is 7.71. The van der Waals surface area contributed by atoms with Gasteiger partial charge in [0.25, 0.3) is 0 Å². The van der Waals surface area contributed by atoms with Gasteiger partial charge in [0.15, 0.2) is 21.3 Å². The molecule has 0 bridgehead atoms. The van der Waals surface area contributed by atoms with Crippen LogP contribution < -0.4 is 25.8 Å². The highest BCUT2D eigenvalue weighted by molar-refractivity contribution is 7.92. The van der Waals surface area contributed by atoms with Crippen molar-refractivity contribution in [2.45, 2.75) is 48.9 Å². The number of carbonyl (C=O) groups is 3. The molecule has 13 heteroatoms. The van der Waals surface area contributed by atoms with E-state index in [0.717, 1.165) is 0 Å². The number of rotatable bonds is 11. The van der Waals surface area contributed by atoms with Crippen LogP contribution in [0.2, 0.25) is 0 Å². The molecule has 1 saturated heterocycles. The maximum Gasteiger partial charge on any atom is 0.411 e. The molecule has 1 aliphatic heterocycles. The largest absolute Gasteiger partial charge is 0.493 e. The molecule has 0 radical (unpaired) electrons. The fourth-order valence-electron chi connectivity index (χ4n) is 5.34. The number of hydrogen-bond acceptors (Lipinski definition) is 9. The van der Waals surface area contributed by atoms with E-state index in [0.29, 0.717) is 53.4 Å². The number of amides is 3. The number of anilines is 2. The number of sulfone groups is 1. The van der Waals surface area contributed by atoms with Crippen LogP contribution in [0.1, 0.15) is 60.3 Å². The molecule has 240 valence electrons. The average Bonchev–Trinajstić information content (AvgIpc) is 3.53. The Morgan fingerprint density at radius 3 is 2.31 bits per heavy atom. The molecule has 0 unspecified atom stereocenters. The summed E-state index contributed by atoms with van der Waals surface area (Å²) in [5.41, 5.74) is 7.51. The lowest BCUT2D eigenvalue weighted by molar-refractivity contribution is -0.133. The molecule has 3 aromatic carbocycles. The summed E-state index contributed by atoms with van der Waals surface area (Å²) >= 11 is 0. The minimum Gasteiger partial charge on any atom is -0.493 e. The van der Waals surface area contributed by atoms with Gasteiger partial charge in [0, 0.05) is 23.5 Å². The van der Waals surface area contributed by atoms with Crippen LogP contribution in [0, 0.1) is 0 Å². The third-order valence-corrected chi connectivity index (χ3v) is 9.94. The second-order valence-electron chi connectivity index (χ2n) is 10.8. The summed E-state index contributed by atoms with van der Waals surface area (Å²) in [6.07, 6.45) is 0.391. The number of nitrogens with two attached hydrogens (primary N) is 1. The fourth-order valence-corrected chi connectivity index (χ4v) is 6.63. The summed E-state index contributed by atoms with van der Waals surface area (Å²) in [5, 5.41) is 5.12. The summed E-state index contributed by atoms with van der Waals surface area (Å²) < 4.78 is 42.6. The second kappa shape index (κ2) is 13.9. The van der Waals surface area contributed by atoms with Crippen LogP contribution >= 0.6 is 0 Å². The van der Waals surface area contributed by atoms with Crippen LogP contribution in [-0.4, -0.2) is 64.3 Å². The molecule has 1 aliphatic rings. The van der Waals surface area contributed by atoms with Crippen molar-refractivity contribution in [2.24, 2.45) is 5.73 Å². The van der Waals surface area contributed by atoms with Crippen LogP contribution in [-0.2, 0) is 19.4 Å². The Balaban J connectivity index is 1.82. The lowest BCUT2D eigenvalue weighted by Crippen LogP contribution is -2.38. The summed E-state index contributed by atoms with van der Waals surface area (Å²) in [6.45, 7) is 3.54. The molecular weight excluding hydrogens is 600 g/mol. The Bertz CT molecular complexity index is 1690. The number of nitrogens with zero attached hydrogens (tertiary/aromatic N) is 1. The Labute approximate surface area is 262 Å². The fraction of sp³-hybridized carbons (Fsp3) is 0.344. The third kappa shape index (κ3) is 7.14. The number of methoxy groups -OCH3 is 3. The highest BCUT2D eigenvalue weighted by atomic mass is 32.2. The number of primary amides is 1. The molecule has 45 heavy (non-hydrogen) atoms. The lowest BCUT2D eigenvalue weighted by Gasteiger charge is -2.32. The topological polar surface area (TPSA) is 166 Å². The zero-order valence-corrected chi connectivity index (χ0v) is 26.6. The summed E-state index contributed by atoms with van der Waals surface area (Å²) in [7, 11) is 0.460. The first-order valence-electron chi connectivity index (χ1n) is 14.3. The van der Waals surface area contributed by atoms with Crippen molar-refractivity contribution < 1.29 is 37.0 Å². The van der Waals surface area contributed by atoms with Crippen molar-refractivity contribution in [3.8, 4) is 11.5 Å². The number of benzene rings is 3. The van der Waals surface area contributed by atoms with Crippen molar-refractivity contribution in [1.82, 2.24) is 4.90 Å². The predicted octanol–water partition coefficient (Wildman–Crippen LogP) is 4.68. The van der Waals surface area contributed by atoms with Crippen molar-refractivity contribution >= 4 is 39.1 Å². The van der Waals surface area contributed by atoms with E-state index >= 15 is 0 Å². The first kappa shape index (κ1) is 33.1. The van der Waals surface area contributed by atoms with Crippen LogP contribution in [0.4, 0.5) is 16.2 Å². The Hall–Kier alpha value is -4.78. The van der Waals surface area contributed by atoms with E-state index in [-0.39, 0.29) is 16.4 Å². The van der Waals surface area contributed by atoms with Crippen molar-refractivity contribution in [1.29, 1.82) is 0 Å². The van der Waals surface area contributed by atoms with Gasteiger partial charge < -0.3 is 30.2 Å². The predicted molar refractivity (Wildman–Crippen MR) is 169 cm³/mol. The van der Waals surface area contributed by atoms with E-state index in [1.165, 1.54) is 33.5 Å². The quantitative estimate of drug-likeness (QED) is 0.270. The molecule has 0 aromatic heterocycles. The molecule has 4 rings (SSSR count). The summed E-state index contributed by atoms with van der Waals surface area (Å²) in [5.74, 6) is -0.0777. The van der Waals surface area contributed by atoms with Gasteiger partial charge in [-0.25, -0.2) is 13.2 Å². The number of hydrogen-bond donors (Lipinski definition) is 3. The van der Waals surface area contributed by atoms with Gasteiger partial charge in [-0.15, -0.1) is 0 Å². The number of carbonyl (C=O) groups excluding carboxylic acids is 3. The monoisotopic (exact) mass is 638 g/mol. The van der Waals surface area contributed by atoms with E-state index in [1.54, 1.807) is 67.3 Å². The number of ether oxygens (including phenoxy) is 3. The summed E-state index contributed by atoms with van der Waals surface area (Å²) in [4.78, 5) is 40.2. The molecule has 3 aromatic rings. The molecule has 1 fully saturated rings. The van der Waals surface area contributed by atoms with E-state index < -0.39 is 39.2 Å². The maximum atomic E-state index is 14.6. The SMILES string of the molecule is COC(=O)Nc1ccc(S(=O)(=O)C(C)C)c([C@H]2CCCN2C(=O)[C@@H](Nc2cccc(C(N)=O)c2)c2ccc(OC)c(OC)c2)c1. The van der Waals surface area contributed by atoms with Crippen LogP contribution in [0.15, 0.2) is 65.6 Å². The van der Waals surface area contributed by atoms with Crippen molar-refractivity contribution in [3.05, 3.63) is 77.4 Å². The molecule has 2 atom stereocenters. The smallest absolute Gasteiger partial charge is 0.411 e. The van der Waals surface area contributed by atoms with Crippen LogP contribution in [0.3, 0.4) is 0 Å². The molecule has 1 heterocycles. The number of likely N-dealkylation sites (tertiary alicyclic amines) is 1. The Morgan fingerprint density at radius 2 is 1.67 bits per heavy atom.